The molecule has 3 atom stereocenters. The van der Waals surface area contributed by atoms with Gasteiger partial charge in [-0.3, -0.25) is 0 Å². The second-order valence-electron chi connectivity index (χ2n) is 5.86. The molecule has 1 saturated heterocycles. The lowest BCUT2D eigenvalue weighted by atomic mass is 9.95. The Morgan fingerprint density at radius 3 is 2.95 bits per heavy atom. The molecule has 0 bridgehead atoms. The molecule has 3 rings (SSSR count). The van der Waals surface area contributed by atoms with Crippen LogP contribution in [0.2, 0.25) is 5.02 Å². The molecule has 3 unspecified atom stereocenters. The summed E-state index contributed by atoms with van der Waals surface area (Å²) in [4.78, 5) is 0. The molecule has 0 radical (unpaired) electrons. The molecule has 1 fully saturated rings. The van der Waals surface area contributed by atoms with E-state index in [2.05, 4.69) is 25.2 Å². The van der Waals surface area contributed by atoms with Crippen molar-refractivity contribution >= 4 is 22.6 Å². The van der Waals surface area contributed by atoms with Crippen molar-refractivity contribution in [2.75, 3.05) is 13.2 Å². The van der Waals surface area contributed by atoms with E-state index in [-0.39, 0.29) is 12.1 Å². The molecule has 2 aromatic rings. The number of hydrogen-bond acceptors (Lipinski definition) is 3. The number of nitrogens with one attached hydrogen (secondary N) is 1. The van der Waals surface area contributed by atoms with E-state index in [1.54, 1.807) is 0 Å². The van der Waals surface area contributed by atoms with Crippen molar-refractivity contribution in [3.8, 4) is 0 Å². The minimum atomic E-state index is 0.105. The van der Waals surface area contributed by atoms with Crippen LogP contribution in [-0.2, 0) is 4.74 Å². The average molecular weight is 308 g/mol. The van der Waals surface area contributed by atoms with Crippen molar-refractivity contribution in [1.82, 2.24) is 5.32 Å². The monoisotopic (exact) mass is 307 g/mol. The summed E-state index contributed by atoms with van der Waals surface area (Å²) in [5.41, 5.74) is 0.878. The first-order chi connectivity index (χ1) is 10.2. The first kappa shape index (κ1) is 14.9. The molecule has 1 aromatic carbocycles. The molecular weight excluding hydrogens is 286 g/mol. The third-order valence-corrected chi connectivity index (χ3v) is 4.43. The van der Waals surface area contributed by atoms with Crippen LogP contribution in [0.3, 0.4) is 0 Å². The smallest absolute Gasteiger partial charge is 0.134 e. The summed E-state index contributed by atoms with van der Waals surface area (Å²) >= 11 is 6.06. The fourth-order valence-electron chi connectivity index (χ4n) is 3.01. The van der Waals surface area contributed by atoms with Crippen LogP contribution in [0.25, 0.3) is 11.0 Å². The SMILES string of the molecule is CCCNC(c1cc2cc(Cl)ccc2o1)C1OCCC1C. The van der Waals surface area contributed by atoms with Crippen LogP contribution in [0.15, 0.2) is 28.7 Å². The van der Waals surface area contributed by atoms with E-state index < -0.39 is 0 Å². The van der Waals surface area contributed by atoms with Crippen LogP contribution in [0.1, 0.15) is 38.5 Å². The van der Waals surface area contributed by atoms with E-state index in [9.17, 15) is 0 Å². The summed E-state index contributed by atoms with van der Waals surface area (Å²) in [6, 6.07) is 7.92. The van der Waals surface area contributed by atoms with Crippen molar-refractivity contribution in [3.05, 3.63) is 35.0 Å². The number of ether oxygens (including phenoxy) is 1. The van der Waals surface area contributed by atoms with Gasteiger partial charge in [0.1, 0.15) is 11.3 Å². The summed E-state index contributed by atoms with van der Waals surface area (Å²) < 4.78 is 12.0. The molecule has 0 aliphatic carbocycles. The van der Waals surface area contributed by atoms with E-state index in [0.717, 1.165) is 47.7 Å². The van der Waals surface area contributed by atoms with E-state index in [1.807, 2.05) is 18.2 Å². The molecule has 0 spiro atoms. The Bertz CT molecular complexity index is 610. The number of benzene rings is 1. The predicted molar refractivity (Wildman–Crippen MR) is 85.8 cm³/mol. The van der Waals surface area contributed by atoms with Gasteiger partial charge in [-0.25, -0.2) is 0 Å². The molecule has 1 aromatic heterocycles. The van der Waals surface area contributed by atoms with Gasteiger partial charge in [0, 0.05) is 17.0 Å². The molecule has 3 nitrogen and oxygen atoms in total. The molecule has 21 heavy (non-hydrogen) atoms. The van der Waals surface area contributed by atoms with Gasteiger partial charge in [-0.15, -0.1) is 0 Å². The second-order valence-corrected chi connectivity index (χ2v) is 6.30. The lowest BCUT2D eigenvalue weighted by molar-refractivity contribution is 0.0544. The van der Waals surface area contributed by atoms with Gasteiger partial charge in [0.15, 0.2) is 0 Å². The largest absolute Gasteiger partial charge is 0.459 e. The Hall–Kier alpha value is -1.03. The molecule has 2 heterocycles. The van der Waals surface area contributed by atoms with Crippen molar-refractivity contribution < 1.29 is 9.15 Å². The molecule has 1 N–H and O–H groups in total. The fourth-order valence-corrected chi connectivity index (χ4v) is 3.19. The fraction of sp³-hybridized carbons (Fsp3) is 0.529. The van der Waals surface area contributed by atoms with Crippen LogP contribution < -0.4 is 5.32 Å². The van der Waals surface area contributed by atoms with Gasteiger partial charge in [-0.1, -0.05) is 25.4 Å². The average Bonchev–Trinajstić information content (AvgIpc) is 3.06. The maximum Gasteiger partial charge on any atom is 0.134 e. The normalized spacial score (nSPS) is 23.8. The molecule has 4 heteroatoms. The van der Waals surface area contributed by atoms with Gasteiger partial charge >= 0.3 is 0 Å². The van der Waals surface area contributed by atoms with Crippen LogP contribution in [-0.4, -0.2) is 19.3 Å². The Kier molecular flexibility index (Phi) is 4.53. The highest BCUT2D eigenvalue weighted by molar-refractivity contribution is 6.31. The maximum absolute atomic E-state index is 6.06. The Balaban J connectivity index is 1.93. The van der Waals surface area contributed by atoms with E-state index in [0.29, 0.717) is 5.92 Å². The van der Waals surface area contributed by atoms with Gasteiger partial charge in [0.25, 0.3) is 0 Å². The first-order valence-electron chi connectivity index (χ1n) is 7.73. The van der Waals surface area contributed by atoms with Gasteiger partial charge in [0.05, 0.1) is 12.1 Å². The van der Waals surface area contributed by atoms with E-state index >= 15 is 0 Å². The van der Waals surface area contributed by atoms with Crippen molar-refractivity contribution in [2.24, 2.45) is 5.92 Å². The van der Waals surface area contributed by atoms with E-state index in [4.69, 9.17) is 20.8 Å². The summed E-state index contributed by atoms with van der Waals surface area (Å²) in [6.45, 7) is 6.20. The number of furan rings is 1. The maximum atomic E-state index is 6.06. The highest BCUT2D eigenvalue weighted by atomic mass is 35.5. The second kappa shape index (κ2) is 6.39. The van der Waals surface area contributed by atoms with Crippen molar-refractivity contribution in [3.63, 3.8) is 0 Å². The molecule has 1 aliphatic heterocycles. The van der Waals surface area contributed by atoms with Gasteiger partial charge in [-0.05, 0) is 49.6 Å². The van der Waals surface area contributed by atoms with E-state index in [1.165, 1.54) is 0 Å². The van der Waals surface area contributed by atoms with Gasteiger partial charge < -0.3 is 14.5 Å². The summed E-state index contributed by atoms with van der Waals surface area (Å²) in [5.74, 6) is 1.48. The molecule has 114 valence electrons. The Labute approximate surface area is 130 Å². The molecule has 0 saturated carbocycles. The zero-order valence-electron chi connectivity index (χ0n) is 12.6. The first-order valence-corrected chi connectivity index (χ1v) is 8.11. The highest BCUT2D eigenvalue weighted by Crippen LogP contribution is 2.34. The molecular formula is C17H22ClNO2. The van der Waals surface area contributed by atoms with Crippen LogP contribution in [0, 0.1) is 5.92 Å². The Morgan fingerprint density at radius 1 is 1.38 bits per heavy atom. The topological polar surface area (TPSA) is 34.4 Å². The van der Waals surface area contributed by atoms with Crippen molar-refractivity contribution in [2.45, 2.75) is 38.8 Å². The van der Waals surface area contributed by atoms with Crippen LogP contribution in [0.5, 0.6) is 0 Å². The number of fused-ring (bicyclic) bond motifs is 1. The summed E-state index contributed by atoms with van der Waals surface area (Å²) in [7, 11) is 0. The molecule has 1 aliphatic rings. The summed E-state index contributed by atoms with van der Waals surface area (Å²) in [5, 5.41) is 5.36. The van der Waals surface area contributed by atoms with Gasteiger partial charge in [-0.2, -0.15) is 0 Å². The van der Waals surface area contributed by atoms with Crippen molar-refractivity contribution in [1.29, 1.82) is 0 Å². The minimum Gasteiger partial charge on any atom is -0.459 e. The molecule has 0 amide bonds. The van der Waals surface area contributed by atoms with Gasteiger partial charge in [0.2, 0.25) is 0 Å². The van der Waals surface area contributed by atoms with Crippen LogP contribution in [0.4, 0.5) is 0 Å². The number of halogens is 1. The highest BCUT2D eigenvalue weighted by Gasteiger charge is 2.34. The predicted octanol–water partition coefficient (Wildman–Crippen LogP) is 4.55. The third-order valence-electron chi connectivity index (χ3n) is 4.19. The standard InChI is InChI=1S/C17H22ClNO2/c1-3-7-19-16(17-11(2)6-8-20-17)15-10-12-9-13(18)4-5-14(12)21-15/h4-5,9-11,16-17,19H,3,6-8H2,1-2H3. The lowest BCUT2D eigenvalue weighted by Gasteiger charge is -2.25. The van der Waals surface area contributed by atoms with Crippen LogP contribution >= 0.6 is 11.6 Å². The zero-order valence-corrected chi connectivity index (χ0v) is 13.3. The zero-order chi connectivity index (χ0) is 14.8. The third kappa shape index (κ3) is 3.10. The Morgan fingerprint density at radius 2 is 2.24 bits per heavy atom. The summed E-state index contributed by atoms with van der Waals surface area (Å²) in [6.07, 6.45) is 2.37. The number of hydrogen-bond donors (Lipinski definition) is 1. The quantitative estimate of drug-likeness (QED) is 0.880. The minimum absolute atomic E-state index is 0.105. The lowest BCUT2D eigenvalue weighted by Crippen LogP contribution is -2.34. The number of rotatable bonds is 5.